The molecule has 0 atom stereocenters. The molecule has 1 saturated heterocycles. The Hall–Kier alpha value is -3.72. The minimum Gasteiger partial charge on any atom is -0.357 e. The lowest BCUT2D eigenvalue weighted by molar-refractivity contribution is 0.0948. The molecule has 0 spiro atoms. The summed E-state index contributed by atoms with van der Waals surface area (Å²) in [6.07, 6.45) is 4.27. The van der Waals surface area contributed by atoms with Gasteiger partial charge in [-0.25, -0.2) is 4.98 Å². The van der Waals surface area contributed by atoms with Crippen molar-refractivity contribution in [2.75, 3.05) is 18.0 Å². The van der Waals surface area contributed by atoms with E-state index in [0.717, 1.165) is 46.8 Å². The van der Waals surface area contributed by atoms with Crippen molar-refractivity contribution in [3.05, 3.63) is 89.9 Å². The number of nitrogens with one attached hydrogen (secondary N) is 1. The van der Waals surface area contributed by atoms with E-state index in [1.54, 1.807) is 4.68 Å². The summed E-state index contributed by atoms with van der Waals surface area (Å²) in [6.45, 7) is 4.84. The van der Waals surface area contributed by atoms with Gasteiger partial charge in [0.25, 0.3) is 5.91 Å². The van der Waals surface area contributed by atoms with Gasteiger partial charge < -0.3 is 10.2 Å². The van der Waals surface area contributed by atoms with E-state index in [1.807, 2.05) is 66.9 Å². The molecule has 1 N–H and O–H groups in total. The SMILES string of the molecule is CC1CCN(c2ccc(CNC(=O)c3ccccc3SCc3nnnn3-c3ccccc3)cn2)CC1. The van der Waals surface area contributed by atoms with E-state index in [2.05, 4.69) is 43.7 Å². The maximum Gasteiger partial charge on any atom is 0.252 e. The third kappa shape index (κ3) is 5.73. The summed E-state index contributed by atoms with van der Waals surface area (Å²) in [5, 5.41) is 15.2. The lowest BCUT2D eigenvalue weighted by Crippen LogP contribution is -2.33. The fraction of sp³-hybridized carbons (Fsp3) is 0.296. The van der Waals surface area contributed by atoms with Crippen molar-refractivity contribution >= 4 is 23.5 Å². The number of hydrogen-bond donors (Lipinski definition) is 1. The summed E-state index contributed by atoms with van der Waals surface area (Å²) in [5.41, 5.74) is 2.51. The van der Waals surface area contributed by atoms with Gasteiger partial charge in [-0.15, -0.1) is 16.9 Å². The molecular formula is C27H29N7OS. The number of nitrogens with zero attached hydrogens (tertiary/aromatic N) is 6. The number of aromatic nitrogens is 5. The van der Waals surface area contributed by atoms with Crippen molar-refractivity contribution in [3.8, 4) is 5.69 Å². The predicted octanol–water partition coefficient (Wildman–Crippen LogP) is 4.52. The number of benzene rings is 2. The first-order valence-electron chi connectivity index (χ1n) is 12.2. The predicted molar refractivity (Wildman–Crippen MR) is 141 cm³/mol. The van der Waals surface area contributed by atoms with Gasteiger partial charge in [-0.2, -0.15) is 4.68 Å². The summed E-state index contributed by atoms with van der Waals surface area (Å²) in [5.74, 6) is 2.94. The number of anilines is 1. The molecule has 5 rings (SSSR count). The van der Waals surface area contributed by atoms with E-state index in [9.17, 15) is 4.79 Å². The Labute approximate surface area is 215 Å². The number of amides is 1. The third-order valence-electron chi connectivity index (χ3n) is 6.39. The molecule has 1 fully saturated rings. The molecular weight excluding hydrogens is 470 g/mol. The number of hydrogen-bond acceptors (Lipinski definition) is 7. The van der Waals surface area contributed by atoms with Crippen molar-refractivity contribution < 1.29 is 4.79 Å². The summed E-state index contributed by atoms with van der Waals surface area (Å²) in [7, 11) is 0. The second-order valence-corrected chi connectivity index (χ2v) is 10.0. The summed E-state index contributed by atoms with van der Waals surface area (Å²) in [4.78, 5) is 20.9. The molecule has 8 nitrogen and oxygen atoms in total. The minimum absolute atomic E-state index is 0.116. The fourth-order valence-electron chi connectivity index (χ4n) is 4.21. The largest absolute Gasteiger partial charge is 0.357 e. The van der Waals surface area contributed by atoms with Gasteiger partial charge >= 0.3 is 0 Å². The van der Waals surface area contributed by atoms with Gasteiger partial charge in [-0.05, 0) is 65.1 Å². The number of piperidine rings is 1. The summed E-state index contributed by atoms with van der Waals surface area (Å²) < 4.78 is 1.72. The minimum atomic E-state index is -0.116. The average molecular weight is 500 g/mol. The van der Waals surface area contributed by atoms with Gasteiger partial charge in [0.05, 0.1) is 17.0 Å². The highest BCUT2D eigenvalue weighted by atomic mass is 32.2. The highest BCUT2D eigenvalue weighted by Gasteiger charge is 2.17. The first kappa shape index (κ1) is 24.0. The van der Waals surface area contributed by atoms with Crippen molar-refractivity contribution in [2.24, 2.45) is 5.92 Å². The lowest BCUT2D eigenvalue weighted by Gasteiger charge is -2.31. The molecule has 0 bridgehead atoms. The standard InChI is InChI=1S/C27H29N7OS/c1-20-13-15-33(16-14-20)25-12-11-21(17-28-25)18-29-27(35)23-9-5-6-10-24(23)36-19-26-30-31-32-34(26)22-7-3-2-4-8-22/h2-12,17,20H,13-16,18-19H2,1H3,(H,29,35). The zero-order valence-electron chi connectivity index (χ0n) is 20.2. The van der Waals surface area contributed by atoms with E-state index in [-0.39, 0.29) is 5.91 Å². The second-order valence-electron chi connectivity index (χ2n) is 9.00. The van der Waals surface area contributed by atoms with E-state index in [4.69, 9.17) is 0 Å². The number of thioether (sulfide) groups is 1. The Morgan fingerprint density at radius 3 is 2.58 bits per heavy atom. The quantitative estimate of drug-likeness (QED) is 0.357. The molecule has 0 aliphatic carbocycles. The zero-order chi connectivity index (χ0) is 24.7. The van der Waals surface area contributed by atoms with Crippen LogP contribution in [-0.2, 0) is 12.3 Å². The molecule has 9 heteroatoms. The molecule has 4 aromatic rings. The maximum atomic E-state index is 13.0. The molecule has 1 amide bonds. The van der Waals surface area contributed by atoms with Crippen LogP contribution in [-0.4, -0.2) is 44.2 Å². The molecule has 1 aliphatic rings. The topological polar surface area (TPSA) is 88.8 Å². The van der Waals surface area contributed by atoms with Crippen LogP contribution in [0.3, 0.4) is 0 Å². The zero-order valence-corrected chi connectivity index (χ0v) is 21.1. The van der Waals surface area contributed by atoms with Crippen LogP contribution in [0.25, 0.3) is 5.69 Å². The van der Waals surface area contributed by atoms with Crippen molar-refractivity contribution in [3.63, 3.8) is 0 Å². The van der Waals surface area contributed by atoms with Crippen LogP contribution in [0, 0.1) is 5.92 Å². The number of carbonyl (C=O) groups is 1. The van der Waals surface area contributed by atoms with E-state index in [0.29, 0.717) is 17.9 Å². The first-order chi connectivity index (χ1) is 17.7. The highest BCUT2D eigenvalue weighted by molar-refractivity contribution is 7.98. The summed E-state index contributed by atoms with van der Waals surface area (Å²) >= 11 is 1.54. The number of rotatable bonds is 8. The van der Waals surface area contributed by atoms with Gasteiger partial charge in [0, 0.05) is 30.7 Å². The highest BCUT2D eigenvalue weighted by Crippen LogP contribution is 2.26. The van der Waals surface area contributed by atoms with E-state index >= 15 is 0 Å². The molecule has 0 radical (unpaired) electrons. The van der Waals surface area contributed by atoms with Crippen molar-refractivity contribution in [1.82, 2.24) is 30.5 Å². The van der Waals surface area contributed by atoms with Crippen LogP contribution in [0.2, 0.25) is 0 Å². The molecule has 0 saturated carbocycles. The Balaban J connectivity index is 1.20. The monoisotopic (exact) mass is 499 g/mol. The molecule has 2 aromatic heterocycles. The van der Waals surface area contributed by atoms with Crippen molar-refractivity contribution in [2.45, 2.75) is 37.0 Å². The normalized spacial score (nSPS) is 14.1. The van der Waals surface area contributed by atoms with Crippen molar-refractivity contribution in [1.29, 1.82) is 0 Å². The van der Waals surface area contributed by atoms with Gasteiger partial charge in [-0.1, -0.05) is 43.3 Å². The molecule has 36 heavy (non-hydrogen) atoms. The Morgan fingerprint density at radius 1 is 1.03 bits per heavy atom. The van der Waals surface area contributed by atoms with Crippen LogP contribution >= 0.6 is 11.8 Å². The van der Waals surface area contributed by atoms with Gasteiger partial charge in [0.1, 0.15) is 5.82 Å². The van der Waals surface area contributed by atoms with Crippen LogP contribution in [0.4, 0.5) is 5.82 Å². The molecule has 2 aromatic carbocycles. The number of para-hydroxylation sites is 1. The second kappa shape index (κ2) is 11.3. The van der Waals surface area contributed by atoms with Crippen LogP contribution in [0.1, 0.15) is 41.5 Å². The average Bonchev–Trinajstić information content (AvgIpc) is 3.41. The Bertz CT molecular complexity index is 1280. The van der Waals surface area contributed by atoms with E-state index < -0.39 is 0 Å². The molecule has 1 aliphatic heterocycles. The fourth-order valence-corrected chi connectivity index (χ4v) is 5.17. The van der Waals surface area contributed by atoms with Crippen LogP contribution in [0.15, 0.2) is 77.8 Å². The maximum absolute atomic E-state index is 13.0. The Morgan fingerprint density at radius 2 is 1.81 bits per heavy atom. The van der Waals surface area contributed by atoms with E-state index in [1.165, 1.54) is 24.6 Å². The van der Waals surface area contributed by atoms with Gasteiger partial charge in [-0.3, -0.25) is 4.79 Å². The van der Waals surface area contributed by atoms with Gasteiger partial charge in [0.15, 0.2) is 5.82 Å². The Kier molecular flexibility index (Phi) is 7.56. The van der Waals surface area contributed by atoms with Crippen LogP contribution < -0.4 is 10.2 Å². The molecule has 0 unspecified atom stereocenters. The van der Waals surface area contributed by atoms with Crippen LogP contribution in [0.5, 0.6) is 0 Å². The number of tetrazole rings is 1. The number of carbonyl (C=O) groups excluding carboxylic acids is 1. The molecule has 3 heterocycles. The third-order valence-corrected chi connectivity index (χ3v) is 7.46. The first-order valence-corrected chi connectivity index (χ1v) is 13.2. The smallest absolute Gasteiger partial charge is 0.252 e. The molecule has 184 valence electrons. The number of pyridine rings is 1. The van der Waals surface area contributed by atoms with Gasteiger partial charge in [0.2, 0.25) is 0 Å². The lowest BCUT2D eigenvalue weighted by atomic mass is 9.99. The summed E-state index contributed by atoms with van der Waals surface area (Å²) in [6, 6.07) is 21.5.